The molecular formula is C19H23FN4O. The third-order valence-electron chi connectivity index (χ3n) is 5.54. The van der Waals surface area contributed by atoms with Gasteiger partial charge in [0.25, 0.3) is 0 Å². The molecule has 1 aromatic carbocycles. The summed E-state index contributed by atoms with van der Waals surface area (Å²) in [6.45, 7) is 2.62. The fourth-order valence-electron chi connectivity index (χ4n) is 3.92. The summed E-state index contributed by atoms with van der Waals surface area (Å²) in [5.41, 5.74) is 0.994. The lowest BCUT2D eigenvalue weighted by molar-refractivity contribution is -0.0149. The first-order valence-corrected chi connectivity index (χ1v) is 8.79. The molecule has 2 aliphatic rings. The molecule has 2 aliphatic heterocycles. The van der Waals surface area contributed by atoms with Gasteiger partial charge in [-0.1, -0.05) is 0 Å². The molecule has 1 unspecified atom stereocenters. The second kappa shape index (κ2) is 6.59. The molecule has 25 heavy (non-hydrogen) atoms. The van der Waals surface area contributed by atoms with Gasteiger partial charge < -0.3 is 14.5 Å². The van der Waals surface area contributed by atoms with Crippen LogP contribution >= 0.6 is 0 Å². The van der Waals surface area contributed by atoms with Crippen LogP contribution in [0.4, 0.5) is 15.9 Å². The van der Waals surface area contributed by atoms with E-state index in [9.17, 15) is 4.39 Å². The summed E-state index contributed by atoms with van der Waals surface area (Å²) in [5, 5.41) is 0. The van der Waals surface area contributed by atoms with E-state index in [0.29, 0.717) is 6.04 Å². The maximum Gasteiger partial charge on any atom is 0.131 e. The summed E-state index contributed by atoms with van der Waals surface area (Å²) < 4.78 is 19.4. The van der Waals surface area contributed by atoms with E-state index in [2.05, 4.69) is 26.8 Å². The number of halogens is 1. The van der Waals surface area contributed by atoms with Crippen molar-refractivity contribution in [2.75, 3.05) is 36.5 Å². The summed E-state index contributed by atoms with van der Waals surface area (Å²) in [6.07, 6.45) is 6.40. The maximum atomic E-state index is 13.1. The molecule has 1 aromatic heterocycles. The first-order chi connectivity index (χ1) is 12.2. The topological polar surface area (TPSA) is 41.5 Å². The van der Waals surface area contributed by atoms with Crippen molar-refractivity contribution in [3.63, 3.8) is 0 Å². The predicted octanol–water partition coefficient (Wildman–Crippen LogP) is 2.88. The van der Waals surface area contributed by atoms with Gasteiger partial charge >= 0.3 is 0 Å². The molecule has 1 atom stereocenters. The van der Waals surface area contributed by atoms with E-state index < -0.39 is 0 Å². The number of ether oxygens (including phenoxy) is 1. The summed E-state index contributed by atoms with van der Waals surface area (Å²) in [5.74, 6) is 0.788. The highest BCUT2D eigenvalue weighted by Gasteiger charge is 2.44. The lowest BCUT2D eigenvalue weighted by Gasteiger charge is -2.39. The predicted molar refractivity (Wildman–Crippen MR) is 95.4 cm³/mol. The summed E-state index contributed by atoms with van der Waals surface area (Å²) in [6, 6.07) is 8.97. The summed E-state index contributed by atoms with van der Waals surface area (Å²) in [4.78, 5) is 12.8. The number of piperidine rings is 1. The van der Waals surface area contributed by atoms with Crippen LogP contribution in [-0.2, 0) is 4.74 Å². The number of anilines is 2. The molecule has 1 spiro atoms. The van der Waals surface area contributed by atoms with Crippen molar-refractivity contribution in [3.05, 3.63) is 48.7 Å². The molecule has 132 valence electrons. The van der Waals surface area contributed by atoms with E-state index in [1.165, 1.54) is 12.1 Å². The molecule has 5 nitrogen and oxygen atoms in total. The zero-order valence-electron chi connectivity index (χ0n) is 14.4. The molecule has 6 heteroatoms. The van der Waals surface area contributed by atoms with Crippen molar-refractivity contribution in [3.8, 4) is 0 Å². The molecule has 2 saturated heterocycles. The standard InChI is InChI=1S/C19H23FN4O/c1-23(16-4-2-15(20)3-5-16)17-12-19(25-13-17)7-10-24(11-8-19)18-6-9-21-14-22-18/h2-6,9,14,17H,7-8,10-13H2,1H3. The first kappa shape index (κ1) is 16.3. The molecule has 2 aromatic rings. The van der Waals surface area contributed by atoms with Gasteiger partial charge in [-0.3, -0.25) is 0 Å². The van der Waals surface area contributed by atoms with E-state index in [4.69, 9.17) is 4.74 Å². The van der Waals surface area contributed by atoms with Crippen LogP contribution in [0.2, 0.25) is 0 Å². The minimum Gasteiger partial charge on any atom is -0.373 e. The number of hydrogen-bond acceptors (Lipinski definition) is 5. The lowest BCUT2D eigenvalue weighted by Crippen LogP contribution is -2.45. The fraction of sp³-hybridized carbons (Fsp3) is 0.474. The molecule has 3 heterocycles. The van der Waals surface area contributed by atoms with Crippen LogP contribution in [0, 0.1) is 5.82 Å². The van der Waals surface area contributed by atoms with Crippen molar-refractivity contribution in [1.82, 2.24) is 9.97 Å². The molecule has 0 aliphatic carbocycles. The normalized spacial score (nSPS) is 22.3. The maximum absolute atomic E-state index is 13.1. The van der Waals surface area contributed by atoms with Crippen LogP contribution in [0.25, 0.3) is 0 Å². The SMILES string of the molecule is CN(c1ccc(F)cc1)C1COC2(CCN(c3ccncn3)CC2)C1. The number of aromatic nitrogens is 2. The van der Waals surface area contributed by atoms with Crippen molar-refractivity contribution >= 4 is 11.5 Å². The van der Waals surface area contributed by atoms with Gasteiger partial charge in [0, 0.05) is 32.0 Å². The molecule has 0 bridgehead atoms. The summed E-state index contributed by atoms with van der Waals surface area (Å²) in [7, 11) is 2.07. The minimum absolute atomic E-state index is 0.0392. The van der Waals surface area contributed by atoms with E-state index in [0.717, 1.165) is 50.5 Å². The Morgan fingerprint density at radius 3 is 2.64 bits per heavy atom. The Morgan fingerprint density at radius 1 is 1.20 bits per heavy atom. The number of rotatable bonds is 3. The van der Waals surface area contributed by atoms with Gasteiger partial charge in [0.2, 0.25) is 0 Å². The van der Waals surface area contributed by atoms with Crippen molar-refractivity contribution in [2.24, 2.45) is 0 Å². The first-order valence-electron chi connectivity index (χ1n) is 8.79. The molecule has 0 amide bonds. The zero-order chi connectivity index (χ0) is 17.3. The molecule has 2 fully saturated rings. The van der Waals surface area contributed by atoms with Gasteiger partial charge in [-0.25, -0.2) is 14.4 Å². The van der Waals surface area contributed by atoms with Crippen LogP contribution in [0.3, 0.4) is 0 Å². The molecule has 0 saturated carbocycles. The van der Waals surface area contributed by atoms with Gasteiger partial charge in [-0.2, -0.15) is 0 Å². The zero-order valence-corrected chi connectivity index (χ0v) is 14.4. The fourth-order valence-corrected chi connectivity index (χ4v) is 3.92. The Bertz CT molecular complexity index is 701. The highest BCUT2D eigenvalue weighted by Crippen LogP contribution is 2.39. The molecule has 0 N–H and O–H groups in total. The third-order valence-corrected chi connectivity index (χ3v) is 5.54. The number of benzene rings is 1. The van der Waals surface area contributed by atoms with E-state index in [-0.39, 0.29) is 11.4 Å². The van der Waals surface area contributed by atoms with Crippen molar-refractivity contribution in [1.29, 1.82) is 0 Å². The van der Waals surface area contributed by atoms with Crippen molar-refractivity contribution < 1.29 is 9.13 Å². The monoisotopic (exact) mass is 342 g/mol. The average molecular weight is 342 g/mol. The largest absolute Gasteiger partial charge is 0.373 e. The van der Waals surface area contributed by atoms with Crippen LogP contribution < -0.4 is 9.80 Å². The van der Waals surface area contributed by atoms with Crippen LogP contribution in [0.5, 0.6) is 0 Å². The quantitative estimate of drug-likeness (QED) is 0.858. The highest BCUT2D eigenvalue weighted by molar-refractivity contribution is 5.47. The van der Waals surface area contributed by atoms with Crippen LogP contribution in [-0.4, -0.2) is 48.4 Å². The Morgan fingerprint density at radius 2 is 1.96 bits per heavy atom. The van der Waals surface area contributed by atoms with Gasteiger partial charge in [0.15, 0.2) is 0 Å². The average Bonchev–Trinajstić information content (AvgIpc) is 3.07. The van der Waals surface area contributed by atoms with Crippen LogP contribution in [0.1, 0.15) is 19.3 Å². The van der Waals surface area contributed by atoms with E-state index >= 15 is 0 Å². The Labute approximate surface area is 147 Å². The Hall–Kier alpha value is -2.21. The van der Waals surface area contributed by atoms with Crippen molar-refractivity contribution in [2.45, 2.75) is 30.9 Å². The van der Waals surface area contributed by atoms with Gasteiger partial charge in [0.05, 0.1) is 18.2 Å². The minimum atomic E-state index is -0.201. The van der Waals surface area contributed by atoms with Gasteiger partial charge in [-0.15, -0.1) is 0 Å². The molecule has 0 radical (unpaired) electrons. The second-order valence-corrected chi connectivity index (χ2v) is 6.99. The van der Waals surface area contributed by atoms with Crippen LogP contribution in [0.15, 0.2) is 42.9 Å². The Kier molecular flexibility index (Phi) is 4.29. The smallest absolute Gasteiger partial charge is 0.131 e. The van der Waals surface area contributed by atoms with Gasteiger partial charge in [-0.05, 0) is 49.6 Å². The third kappa shape index (κ3) is 3.31. The molecule has 4 rings (SSSR count). The summed E-state index contributed by atoms with van der Waals surface area (Å²) >= 11 is 0. The van der Waals surface area contributed by atoms with E-state index in [1.807, 2.05) is 18.2 Å². The van der Waals surface area contributed by atoms with Gasteiger partial charge in [0.1, 0.15) is 18.0 Å². The molecular weight excluding hydrogens is 319 g/mol. The second-order valence-electron chi connectivity index (χ2n) is 6.99. The number of likely N-dealkylation sites (N-methyl/N-ethyl adjacent to an activating group) is 1. The highest BCUT2D eigenvalue weighted by atomic mass is 19.1. The number of hydrogen-bond donors (Lipinski definition) is 0. The lowest BCUT2D eigenvalue weighted by atomic mass is 9.87. The number of nitrogens with zero attached hydrogens (tertiary/aromatic N) is 4. The Balaban J connectivity index is 1.38. The van der Waals surface area contributed by atoms with E-state index in [1.54, 1.807) is 12.5 Å².